The summed E-state index contributed by atoms with van der Waals surface area (Å²) in [5.41, 5.74) is -0.0227. The van der Waals surface area contributed by atoms with Crippen LogP contribution in [0.15, 0.2) is 24.3 Å². The molecular weight excluding hydrogens is 408 g/mol. The molecule has 3 N–H and O–H groups in total. The van der Waals surface area contributed by atoms with Gasteiger partial charge in [-0.3, -0.25) is 24.7 Å². The van der Waals surface area contributed by atoms with Gasteiger partial charge in [-0.2, -0.15) is 0 Å². The predicted octanol–water partition coefficient (Wildman–Crippen LogP) is 2.09. The first-order valence-corrected chi connectivity index (χ1v) is 10.7. The Morgan fingerprint density at radius 3 is 2.47 bits per heavy atom. The van der Waals surface area contributed by atoms with Crippen molar-refractivity contribution in [2.24, 2.45) is 11.3 Å². The van der Waals surface area contributed by atoms with E-state index in [0.717, 1.165) is 12.0 Å². The first-order valence-electron chi connectivity index (χ1n) is 10.7. The molecular formula is C22H32B2N3O5. The maximum absolute atomic E-state index is 13.6. The van der Waals surface area contributed by atoms with Crippen molar-refractivity contribution in [1.29, 1.82) is 5.41 Å². The number of nitrogens with zero attached hydrogens (tertiary/aromatic N) is 1. The van der Waals surface area contributed by atoms with E-state index in [0.29, 0.717) is 5.56 Å². The summed E-state index contributed by atoms with van der Waals surface area (Å²) in [5.74, 6) is -1.65. The van der Waals surface area contributed by atoms with E-state index in [-0.39, 0.29) is 18.5 Å². The van der Waals surface area contributed by atoms with Crippen LogP contribution in [0.2, 0.25) is 13.1 Å². The lowest BCUT2D eigenvalue weighted by Crippen LogP contribution is -2.79. The van der Waals surface area contributed by atoms with Crippen LogP contribution >= 0.6 is 0 Å². The Morgan fingerprint density at radius 2 is 1.97 bits per heavy atom. The number of imide groups is 1. The van der Waals surface area contributed by atoms with Gasteiger partial charge in [-0.05, 0) is 39.3 Å². The number of benzene rings is 1. The summed E-state index contributed by atoms with van der Waals surface area (Å²) in [7, 11) is 0.449. The number of rotatable bonds is 11. The van der Waals surface area contributed by atoms with E-state index in [4.69, 9.17) is 10.1 Å². The molecule has 1 heterocycles. The van der Waals surface area contributed by atoms with E-state index in [1.54, 1.807) is 26.0 Å². The molecule has 0 saturated carbocycles. The van der Waals surface area contributed by atoms with Crippen LogP contribution in [-0.4, -0.2) is 60.0 Å². The zero-order chi connectivity index (χ0) is 24.3. The van der Waals surface area contributed by atoms with E-state index in [9.17, 15) is 19.4 Å². The third kappa shape index (κ3) is 5.48. The van der Waals surface area contributed by atoms with E-state index < -0.39 is 41.8 Å². The van der Waals surface area contributed by atoms with E-state index in [2.05, 4.69) is 5.23 Å². The summed E-state index contributed by atoms with van der Waals surface area (Å²) < 4.78 is 4.93. The zero-order valence-corrected chi connectivity index (χ0v) is 19.6. The van der Waals surface area contributed by atoms with E-state index in [1.807, 2.05) is 32.9 Å². The van der Waals surface area contributed by atoms with Crippen molar-refractivity contribution in [2.45, 2.75) is 65.8 Å². The normalized spacial score (nSPS) is 18.4. The lowest BCUT2D eigenvalue weighted by Gasteiger charge is -2.54. The standard InChI is InChI=1S/C22H32B2N3O5/c1-14-7-9-15(10-8-14)17(28)11-21(2,3)16(12-23-32-13-25)19(29)27-20(30)18(22(27,4)5)26-24(6)31/h7-10,13,16,18,25-26,31H,11-12H2,1-6H3/t16-,18?/m0/s1. The Balaban J connectivity index is 2.26. The number of Topliss-reactive ketones (excluding diaryl/α,β-unsaturated/α-hetero) is 1. The second-order valence-electron chi connectivity index (χ2n) is 9.60. The van der Waals surface area contributed by atoms with Crippen molar-refractivity contribution in [1.82, 2.24) is 10.1 Å². The minimum atomic E-state index is -0.894. The Bertz CT molecular complexity index is 871. The molecule has 2 atom stereocenters. The maximum Gasteiger partial charge on any atom is 0.374 e. The number of β-lactam (4-membered cyclic amide) rings is 1. The van der Waals surface area contributed by atoms with Crippen LogP contribution in [0.25, 0.3) is 0 Å². The molecule has 1 aliphatic rings. The largest absolute Gasteiger partial charge is 0.556 e. The fraction of sp³-hybridized carbons (Fsp3) is 0.545. The van der Waals surface area contributed by atoms with Gasteiger partial charge in [0.2, 0.25) is 11.8 Å². The second kappa shape index (κ2) is 10.0. The molecule has 0 spiro atoms. The summed E-state index contributed by atoms with van der Waals surface area (Å²) in [6, 6.07) is 6.58. The van der Waals surface area contributed by atoms with Crippen LogP contribution < -0.4 is 5.23 Å². The average molecular weight is 440 g/mol. The van der Waals surface area contributed by atoms with Gasteiger partial charge in [-0.1, -0.05) is 43.7 Å². The van der Waals surface area contributed by atoms with Crippen molar-refractivity contribution >= 4 is 38.5 Å². The molecule has 0 aromatic heterocycles. The Morgan fingerprint density at radius 1 is 1.38 bits per heavy atom. The van der Waals surface area contributed by atoms with Gasteiger partial charge in [-0.15, -0.1) is 0 Å². The van der Waals surface area contributed by atoms with Crippen LogP contribution in [0.4, 0.5) is 0 Å². The fourth-order valence-corrected chi connectivity index (χ4v) is 4.18. The van der Waals surface area contributed by atoms with Gasteiger partial charge in [-0.25, -0.2) is 0 Å². The molecule has 32 heavy (non-hydrogen) atoms. The summed E-state index contributed by atoms with van der Waals surface area (Å²) >= 11 is 0. The highest BCUT2D eigenvalue weighted by Gasteiger charge is 2.59. The SMILES string of the molecule is CB(O)NC1C(=O)N(C(=O)[C@H](C[B]OC=N)C(C)(C)CC(=O)c2ccc(C)cc2)C1(C)C. The summed E-state index contributed by atoms with van der Waals surface area (Å²) in [4.78, 5) is 40.5. The molecule has 1 fully saturated rings. The first-order chi connectivity index (χ1) is 14.8. The minimum absolute atomic E-state index is 0.0939. The highest BCUT2D eigenvalue weighted by molar-refractivity contribution is 6.46. The lowest BCUT2D eigenvalue weighted by molar-refractivity contribution is -0.173. The van der Waals surface area contributed by atoms with Crippen molar-refractivity contribution < 1.29 is 24.1 Å². The molecule has 1 aliphatic heterocycles. The maximum atomic E-state index is 13.6. The van der Waals surface area contributed by atoms with Gasteiger partial charge in [0.15, 0.2) is 5.78 Å². The summed E-state index contributed by atoms with van der Waals surface area (Å²) in [5, 5.41) is 19.5. The monoisotopic (exact) mass is 440 g/mol. The first kappa shape index (κ1) is 25.8. The molecule has 0 aliphatic carbocycles. The predicted molar refractivity (Wildman–Crippen MR) is 125 cm³/mol. The minimum Gasteiger partial charge on any atom is -0.556 e. The molecule has 1 aromatic carbocycles. The number of likely N-dealkylation sites (tertiary alicyclic amines) is 1. The van der Waals surface area contributed by atoms with Gasteiger partial charge in [0, 0.05) is 17.9 Å². The fourth-order valence-electron chi connectivity index (χ4n) is 4.18. The zero-order valence-electron chi connectivity index (χ0n) is 19.6. The molecule has 8 nitrogen and oxygen atoms in total. The van der Waals surface area contributed by atoms with Gasteiger partial charge in [0.25, 0.3) is 0 Å². The number of aryl methyl sites for hydroxylation is 1. The van der Waals surface area contributed by atoms with Crippen LogP contribution in [0.1, 0.15) is 50.0 Å². The van der Waals surface area contributed by atoms with Crippen molar-refractivity contribution in [3.05, 3.63) is 35.4 Å². The highest BCUT2D eigenvalue weighted by atomic mass is 16.4. The number of ketones is 1. The second-order valence-corrected chi connectivity index (χ2v) is 9.60. The van der Waals surface area contributed by atoms with Crippen molar-refractivity contribution in [2.75, 3.05) is 0 Å². The Kier molecular flexibility index (Phi) is 8.06. The lowest BCUT2D eigenvalue weighted by atomic mass is 9.65. The topological polar surface area (TPSA) is 120 Å². The van der Waals surface area contributed by atoms with Crippen LogP contribution in [0.3, 0.4) is 0 Å². The molecule has 1 unspecified atom stereocenters. The van der Waals surface area contributed by atoms with Gasteiger partial charge < -0.3 is 14.9 Å². The van der Waals surface area contributed by atoms with Crippen molar-refractivity contribution in [3.8, 4) is 0 Å². The molecule has 2 amide bonds. The Labute approximate surface area is 191 Å². The number of nitrogens with one attached hydrogen (secondary N) is 2. The smallest absolute Gasteiger partial charge is 0.374 e. The highest BCUT2D eigenvalue weighted by Crippen LogP contribution is 2.41. The molecule has 1 radical (unpaired) electrons. The molecule has 2 rings (SSSR count). The number of amides is 2. The molecule has 171 valence electrons. The molecule has 0 bridgehead atoms. The number of hydrogen-bond acceptors (Lipinski definition) is 7. The Hall–Kier alpha value is -2.45. The van der Waals surface area contributed by atoms with Crippen LogP contribution in [0, 0.1) is 23.7 Å². The molecule has 1 saturated heterocycles. The third-order valence-corrected chi connectivity index (χ3v) is 6.11. The number of hydrogen-bond donors (Lipinski definition) is 3. The molecule has 1 aromatic rings. The molecule has 10 heteroatoms. The number of carbonyl (C=O) groups is 3. The van der Waals surface area contributed by atoms with Gasteiger partial charge in [0.1, 0.15) is 12.4 Å². The average Bonchev–Trinajstić information content (AvgIpc) is 2.69. The van der Waals surface area contributed by atoms with Gasteiger partial charge >= 0.3 is 14.5 Å². The summed E-state index contributed by atoms with van der Waals surface area (Å²) in [6.45, 7) is 10.6. The third-order valence-electron chi connectivity index (χ3n) is 6.11. The van der Waals surface area contributed by atoms with Crippen LogP contribution in [-0.2, 0) is 14.2 Å². The quantitative estimate of drug-likeness (QED) is 0.121. The van der Waals surface area contributed by atoms with Crippen molar-refractivity contribution in [3.63, 3.8) is 0 Å². The van der Waals surface area contributed by atoms with E-state index in [1.165, 1.54) is 19.2 Å². The van der Waals surface area contributed by atoms with Crippen LogP contribution in [0.5, 0.6) is 0 Å². The van der Waals surface area contributed by atoms with E-state index >= 15 is 0 Å². The number of carbonyl (C=O) groups excluding carboxylic acids is 3. The summed E-state index contributed by atoms with van der Waals surface area (Å²) in [6.07, 6.45) is 0.993. The van der Waals surface area contributed by atoms with Gasteiger partial charge in [0.05, 0.1) is 5.54 Å².